The van der Waals surface area contributed by atoms with Crippen LogP contribution in [0.3, 0.4) is 0 Å². The third kappa shape index (κ3) is 4.11. The summed E-state index contributed by atoms with van der Waals surface area (Å²) in [6.45, 7) is -8.26. The van der Waals surface area contributed by atoms with Crippen LogP contribution in [-0.4, -0.2) is 42.6 Å². The van der Waals surface area contributed by atoms with Crippen molar-refractivity contribution in [1.82, 2.24) is 4.90 Å². The summed E-state index contributed by atoms with van der Waals surface area (Å²) in [7, 11) is 0. The zero-order chi connectivity index (χ0) is 21.2. The fourth-order valence-corrected chi connectivity index (χ4v) is 2.53. The van der Waals surface area contributed by atoms with Crippen LogP contribution >= 0.6 is 27.3 Å². The maximum Gasteiger partial charge on any atom is 0.410 e. The van der Waals surface area contributed by atoms with Crippen molar-refractivity contribution in [2.24, 2.45) is 0 Å². The molecule has 6 heteroatoms. The lowest BCUT2D eigenvalue weighted by atomic mass is 10.2. The average molecular weight is 355 g/mol. The first kappa shape index (κ1) is 7.31. The summed E-state index contributed by atoms with van der Waals surface area (Å²) in [6, 6.07) is 1.36. The van der Waals surface area contributed by atoms with Crippen LogP contribution in [0.4, 0.5) is 9.80 Å². The highest BCUT2D eigenvalue weighted by atomic mass is 79.9. The van der Waals surface area contributed by atoms with Crippen molar-refractivity contribution >= 4 is 38.4 Å². The molecule has 0 aliphatic carbocycles. The van der Waals surface area contributed by atoms with E-state index < -0.39 is 37.7 Å². The normalized spacial score (nSPS) is 33.5. The Morgan fingerprint density at radius 3 is 2.53 bits per heavy atom. The van der Waals surface area contributed by atoms with Gasteiger partial charge in [0.1, 0.15) is 5.60 Å². The molecule has 1 saturated heterocycles. The first-order valence-electron chi connectivity index (χ1n) is 9.45. The molecular weight excluding hydrogens is 328 g/mol. The van der Waals surface area contributed by atoms with Crippen LogP contribution in [0.15, 0.2) is 15.9 Å². The van der Waals surface area contributed by atoms with Crippen LogP contribution in [0.2, 0.25) is 0 Å². The van der Waals surface area contributed by atoms with Gasteiger partial charge in [-0.05, 0) is 42.8 Å². The topological polar surface area (TPSA) is 32.8 Å². The molecule has 0 aromatic carbocycles. The van der Waals surface area contributed by atoms with E-state index in [0.29, 0.717) is 9.37 Å². The Morgan fingerprint density at radius 2 is 2.05 bits per heavy atom. The van der Waals surface area contributed by atoms with Gasteiger partial charge in [-0.3, -0.25) is 0 Å². The van der Waals surface area contributed by atoms with E-state index in [1.165, 1.54) is 32.2 Å². The van der Waals surface area contributed by atoms with Gasteiger partial charge in [-0.15, -0.1) is 11.3 Å². The maximum atomic E-state index is 12.5. The molecule has 0 unspecified atom stereocenters. The summed E-state index contributed by atoms with van der Waals surface area (Å²) in [6.07, 6.45) is -1.49. The molecule has 0 atom stereocenters. The Morgan fingerprint density at radius 1 is 1.42 bits per heavy atom. The SMILES string of the molecule is [2H]C1([2H])N(C(=O)OC(C)(C)C)C([2H])([2H])C([2H])([2H])N(c2cc(Br)cs2)C1([2H])[2H]. The summed E-state index contributed by atoms with van der Waals surface area (Å²) < 4.78 is 71.4. The van der Waals surface area contributed by atoms with Gasteiger partial charge in [0.25, 0.3) is 0 Å². The lowest BCUT2D eigenvalue weighted by molar-refractivity contribution is 0.0241. The highest BCUT2D eigenvalue weighted by molar-refractivity contribution is 9.10. The van der Waals surface area contributed by atoms with Crippen molar-refractivity contribution in [1.29, 1.82) is 0 Å². The first-order valence-corrected chi connectivity index (χ1v) is 7.12. The van der Waals surface area contributed by atoms with Crippen LogP contribution < -0.4 is 4.90 Å². The molecule has 0 bridgehead atoms. The predicted molar refractivity (Wildman–Crippen MR) is 82.0 cm³/mol. The zero-order valence-electron chi connectivity index (χ0n) is 18.7. The molecule has 4 nitrogen and oxygen atoms in total. The van der Waals surface area contributed by atoms with Crippen molar-refractivity contribution in [2.45, 2.75) is 26.4 Å². The predicted octanol–water partition coefficient (Wildman–Crippen LogP) is 3.57. The molecule has 0 spiro atoms. The van der Waals surface area contributed by atoms with Gasteiger partial charge in [-0.2, -0.15) is 0 Å². The molecule has 19 heavy (non-hydrogen) atoms. The number of anilines is 1. The molecule has 1 aliphatic heterocycles. The van der Waals surface area contributed by atoms with Crippen LogP contribution in [0.1, 0.15) is 31.7 Å². The molecule has 1 aliphatic rings. The van der Waals surface area contributed by atoms with Crippen LogP contribution in [0, 0.1) is 0 Å². The lowest BCUT2D eigenvalue weighted by Crippen LogP contribution is -2.49. The number of nitrogens with zero attached hydrogens (tertiary/aromatic N) is 2. The minimum atomic E-state index is -3.25. The number of ether oxygens (including phenoxy) is 1. The van der Waals surface area contributed by atoms with E-state index in [1.54, 1.807) is 0 Å². The number of hydrogen-bond acceptors (Lipinski definition) is 4. The first-order chi connectivity index (χ1) is 11.9. The van der Waals surface area contributed by atoms with E-state index >= 15 is 0 Å². The minimum absolute atomic E-state index is 0.0338. The van der Waals surface area contributed by atoms with Gasteiger partial charge in [0, 0.05) is 35.8 Å². The standard InChI is InChI=1S/C13H19BrN2O2S/c1-13(2,3)18-12(17)16-6-4-15(5-7-16)11-8-10(14)9-19-11/h8-9H,4-7H2,1-3H3/i4D2,5D2,6D2,7D2. The molecule has 0 saturated carbocycles. The second-order valence-electron chi connectivity index (χ2n) is 4.70. The molecule has 1 fully saturated rings. The highest BCUT2D eigenvalue weighted by Gasteiger charge is 2.26. The molecule has 1 aromatic heterocycles. The molecule has 0 N–H and O–H groups in total. The number of amides is 1. The number of thiophene rings is 1. The fraction of sp³-hybridized carbons (Fsp3) is 0.615. The Hall–Kier alpha value is -0.750. The number of halogens is 1. The largest absolute Gasteiger partial charge is 0.444 e. The molecule has 1 amide bonds. The smallest absolute Gasteiger partial charge is 0.410 e. The van der Waals surface area contributed by atoms with E-state index in [4.69, 9.17) is 15.7 Å². The number of hydrogen-bond donors (Lipinski definition) is 0. The highest BCUT2D eigenvalue weighted by Crippen LogP contribution is 2.29. The van der Waals surface area contributed by atoms with Crippen molar-refractivity contribution in [3.63, 3.8) is 0 Å². The van der Waals surface area contributed by atoms with Crippen LogP contribution in [0.25, 0.3) is 0 Å². The Kier molecular flexibility index (Phi) is 2.20. The molecule has 106 valence electrons. The monoisotopic (exact) mass is 354 g/mol. The van der Waals surface area contributed by atoms with Gasteiger partial charge in [0.15, 0.2) is 0 Å². The van der Waals surface area contributed by atoms with Gasteiger partial charge in [-0.25, -0.2) is 4.79 Å². The Bertz CT molecular complexity index is 721. The van der Waals surface area contributed by atoms with Crippen molar-refractivity contribution < 1.29 is 20.5 Å². The quantitative estimate of drug-likeness (QED) is 0.772. The third-order valence-corrected chi connectivity index (χ3v) is 3.57. The van der Waals surface area contributed by atoms with Crippen molar-refractivity contribution in [3.05, 3.63) is 15.9 Å². The number of rotatable bonds is 1. The van der Waals surface area contributed by atoms with Crippen LogP contribution in [-0.2, 0) is 4.74 Å². The van der Waals surface area contributed by atoms with Gasteiger partial charge < -0.3 is 14.5 Å². The van der Waals surface area contributed by atoms with E-state index in [-0.39, 0.29) is 9.90 Å². The van der Waals surface area contributed by atoms with Crippen molar-refractivity contribution in [3.8, 4) is 0 Å². The van der Waals surface area contributed by atoms with Gasteiger partial charge in [0.2, 0.25) is 0 Å². The average Bonchev–Trinajstić information content (AvgIpc) is 2.79. The van der Waals surface area contributed by atoms with Crippen LogP contribution in [0.5, 0.6) is 0 Å². The molecule has 2 rings (SSSR count). The Balaban J connectivity index is 2.68. The number of carbonyl (C=O) groups excluding carboxylic acids is 1. The molecular formula is C13H19BrN2O2S. The molecule has 1 aromatic rings. The van der Waals surface area contributed by atoms with Gasteiger partial charge >= 0.3 is 6.09 Å². The summed E-state index contributed by atoms with van der Waals surface area (Å²) in [5, 5.41) is 1.50. The molecule has 0 radical (unpaired) electrons. The van der Waals surface area contributed by atoms with E-state index in [9.17, 15) is 4.79 Å². The minimum Gasteiger partial charge on any atom is -0.444 e. The molecule has 2 heterocycles. The van der Waals surface area contributed by atoms with E-state index in [0.717, 1.165) is 11.3 Å². The Labute approximate surface area is 137 Å². The van der Waals surface area contributed by atoms with E-state index in [1.807, 2.05) is 0 Å². The summed E-state index contributed by atoms with van der Waals surface area (Å²) in [5.74, 6) is 0. The number of carbonyl (C=O) groups is 1. The maximum absolute atomic E-state index is 12.5. The van der Waals surface area contributed by atoms with Gasteiger partial charge in [0.05, 0.1) is 16.0 Å². The fourth-order valence-electron chi connectivity index (χ4n) is 1.18. The summed E-state index contributed by atoms with van der Waals surface area (Å²) >= 11 is 4.08. The van der Waals surface area contributed by atoms with Crippen molar-refractivity contribution in [2.75, 3.05) is 30.9 Å². The summed E-state index contributed by atoms with van der Waals surface area (Å²) in [4.78, 5) is 12.8. The zero-order valence-corrected chi connectivity index (χ0v) is 13.1. The lowest BCUT2D eigenvalue weighted by Gasteiger charge is -2.36. The number of piperazine rings is 1. The van der Waals surface area contributed by atoms with Gasteiger partial charge in [-0.1, -0.05) is 0 Å². The second-order valence-corrected chi connectivity index (χ2v) is 6.51. The van der Waals surface area contributed by atoms with E-state index in [2.05, 4.69) is 15.9 Å². The third-order valence-electron chi connectivity index (χ3n) is 1.90. The summed E-state index contributed by atoms with van der Waals surface area (Å²) in [5.41, 5.74) is -1.11. The second kappa shape index (κ2) is 5.71.